The minimum Gasteiger partial charge on any atom is -0.350 e. The number of pyridine rings is 1. The van der Waals surface area contributed by atoms with E-state index in [-0.39, 0.29) is 11.8 Å². The number of nitrogens with zero attached hydrogens (tertiary/aromatic N) is 3. The summed E-state index contributed by atoms with van der Waals surface area (Å²) in [5, 5.41) is 7.12. The van der Waals surface area contributed by atoms with Gasteiger partial charge >= 0.3 is 0 Å². The smallest absolute Gasteiger partial charge is 0.242 e. The molecule has 6 heteroatoms. The topological polar surface area (TPSA) is 66.7 Å². The largest absolute Gasteiger partial charge is 0.350 e. The predicted octanol–water partition coefficient (Wildman–Crippen LogP) is 0.961. The van der Waals surface area contributed by atoms with E-state index in [4.69, 9.17) is 0 Å². The number of likely N-dealkylation sites (tertiary alicyclic amines) is 1. The SMILES string of the molecule is C[C@@H](C(=O)NCc1cnn2ccccc12)N1CCCC1=O. The Morgan fingerprint density at radius 2 is 2.33 bits per heavy atom. The van der Waals surface area contributed by atoms with E-state index in [9.17, 15) is 9.59 Å². The van der Waals surface area contributed by atoms with Crippen LogP contribution in [0.15, 0.2) is 30.6 Å². The van der Waals surface area contributed by atoms with Gasteiger partial charge in [-0.1, -0.05) is 6.07 Å². The lowest BCUT2D eigenvalue weighted by Gasteiger charge is -2.23. The lowest BCUT2D eigenvalue weighted by atomic mass is 10.2. The van der Waals surface area contributed by atoms with Crippen molar-refractivity contribution in [3.63, 3.8) is 0 Å². The van der Waals surface area contributed by atoms with Gasteiger partial charge in [-0.2, -0.15) is 5.10 Å². The highest BCUT2D eigenvalue weighted by Gasteiger charge is 2.29. The van der Waals surface area contributed by atoms with Crippen LogP contribution < -0.4 is 5.32 Å². The van der Waals surface area contributed by atoms with E-state index >= 15 is 0 Å². The van der Waals surface area contributed by atoms with Crippen molar-refractivity contribution in [1.82, 2.24) is 19.8 Å². The summed E-state index contributed by atoms with van der Waals surface area (Å²) >= 11 is 0. The van der Waals surface area contributed by atoms with Crippen molar-refractivity contribution in [2.24, 2.45) is 0 Å². The van der Waals surface area contributed by atoms with Crippen LogP contribution in [0, 0.1) is 0 Å². The first-order valence-corrected chi connectivity index (χ1v) is 7.15. The first-order chi connectivity index (χ1) is 10.2. The van der Waals surface area contributed by atoms with Crippen molar-refractivity contribution in [2.75, 3.05) is 6.54 Å². The molecule has 2 aromatic rings. The second kappa shape index (κ2) is 5.55. The van der Waals surface area contributed by atoms with Gasteiger partial charge in [0.25, 0.3) is 0 Å². The number of amides is 2. The molecule has 3 heterocycles. The third-order valence-corrected chi connectivity index (χ3v) is 3.92. The van der Waals surface area contributed by atoms with E-state index in [1.54, 1.807) is 22.5 Å². The molecule has 2 aromatic heterocycles. The Balaban J connectivity index is 1.64. The van der Waals surface area contributed by atoms with Crippen LogP contribution in [0.2, 0.25) is 0 Å². The molecule has 21 heavy (non-hydrogen) atoms. The maximum Gasteiger partial charge on any atom is 0.242 e. The minimum absolute atomic E-state index is 0.0635. The van der Waals surface area contributed by atoms with E-state index in [0.29, 0.717) is 19.5 Å². The van der Waals surface area contributed by atoms with E-state index in [1.807, 2.05) is 24.4 Å². The van der Waals surface area contributed by atoms with Gasteiger partial charge in [-0.3, -0.25) is 9.59 Å². The summed E-state index contributed by atoms with van der Waals surface area (Å²) in [6.45, 7) is 2.86. The minimum atomic E-state index is -0.415. The number of carbonyl (C=O) groups is 2. The Hall–Kier alpha value is -2.37. The number of nitrogens with one attached hydrogen (secondary N) is 1. The lowest BCUT2D eigenvalue weighted by molar-refractivity contribution is -0.136. The normalized spacial score (nSPS) is 16.4. The summed E-state index contributed by atoms with van der Waals surface area (Å²) < 4.78 is 1.77. The van der Waals surface area contributed by atoms with Gasteiger partial charge < -0.3 is 10.2 Å². The summed E-state index contributed by atoms with van der Waals surface area (Å²) in [6, 6.07) is 5.39. The van der Waals surface area contributed by atoms with E-state index < -0.39 is 6.04 Å². The summed E-state index contributed by atoms with van der Waals surface area (Å²) in [7, 11) is 0. The van der Waals surface area contributed by atoms with Crippen LogP contribution in [0.25, 0.3) is 5.52 Å². The number of carbonyl (C=O) groups excluding carboxylic acids is 2. The molecule has 0 spiro atoms. The maximum absolute atomic E-state index is 12.2. The zero-order valence-corrected chi connectivity index (χ0v) is 12.0. The Bertz CT molecular complexity index is 679. The van der Waals surface area contributed by atoms with Crippen molar-refractivity contribution >= 4 is 17.3 Å². The average molecular weight is 286 g/mol. The van der Waals surface area contributed by atoms with Crippen LogP contribution in [0.5, 0.6) is 0 Å². The fourth-order valence-electron chi connectivity index (χ4n) is 2.67. The molecule has 1 saturated heterocycles. The molecule has 1 N–H and O–H groups in total. The van der Waals surface area contributed by atoms with Crippen molar-refractivity contribution in [3.8, 4) is 0 Å². The molecule has 0 radical (unpaired) electrons. The summed E-state index contributed by atoms with van der Waals surface area (Å²) in [6.07, 6.45) is 5.00. The van der Waals surface area contributed by atoms with Crippen molar-refractivity contribution in [3.05, 3.63) is 36.2 Å². The van der Waals surface area contributed by atoms with Crippen molar-refractivity contribution < 1.29 is 9.59 Å². The third kappa shape index (κ3) is 2.61. The molecule has 3 rings (SSSR count). The highest BCUT2D eigenvalue weighted by molar-refractivity contribution is 5.88. The van der Waals surface area contributed by atoms with Crippen molar-refractivity contribution in [1.29, 1.82) is 0 Å². The van der Waals surface area contributed by atoms with Crippen LogP contribution >= 0.6 is 0 Å². The average Bonchev–Trinajstić information content (AvgIpc) is 3.10. The molecule has 0 bridgehead atoms. The fraction of sp³-hybridized carbons (Fsp3) is 0.400. The molecule has 0 aromatic carbocycles. The molecular formula is C15H18N4O2. The molecule has 6 nitrogen and oxygen atoms in total. The Labute approximate surface area is 122 Å². The van der Waals surface area contributed by atoms with E-state index in [1.165, 1.54) is 0 Å². The third-order valence-electron chi connectivity index (χ3n) is 3.92. The van der Waals surface area contributed by atoms with Gasteiger partial charge in [0.05, 0.1) is 11.7 Å². The van der Waals surface area contributed by atoms with Gasteiger partial charge in [0.15, 0.2) is 0 Å². The van der Waals surface area contributed by atoms with Gasteiger partial charge in [0.1, 0.15) is 6.04 Å². The number of hydrogen-bond acceptors (Lipinski definition) is 3. The summed E-state index contributed by atoms with van der Waals surface area (Å²) in [5.74, 6) is -0.0610. The number of aromatic nitrogens is 2. The molecule has 1 aliphatic heterocycles. The first-order valence-electron chi connectivity index (χ1n) is 7.15. The van der Waals surface area contributed by atoms with Crippen LogP contribution in [0.1, 0.15) is 25.3 Å². The molecule has 1 aliphatic rings. The molecule has 1 atom stereocenters. The quantitative estimate of drug-likeness (QED) is 0.910. The zero-order chi connectivity index (χ0) is 14.8. The van der Waals surface area contributed by atoms with Crippen LogP contribution in [0.4, 0.5) is 0 Å². The standard InChI is InChI=1S/C15H18N4O2/c1-11(18-7-4-6-14(18)20)15(21)16-9-12-10-17-19-8-3-2-5-13(12)19/h2-3,5,8,10-11H,4,6-7,9H2,1H3,(H,16,21)/t11-/m0/s1. The molecule has 2 amide bonds. The van der Waals surface area contributed by atoms with E-state index in [2.05, 4.69) is 10.4 Å². The van der Waals surface area contributed by atoms with Crippen LogP contribution in [0.3, 0.4) is 0 Å². The van der Waals surface area contributed by atoms with Gasteiger partial charge in [-0.05, 0) is 25.5 Å². The van der Waals surface area contributed by atoms with Gasteiger partial charge in [0.2, 0.25) is 11.8 Å². The van der Waals surface area contributed by atoms with Crippen molar-refractivity contribution in [2.45, 2.75) is 32.4 Å². The lowest BCUT2D eigenvalue weighted by Crippen LogP contribution is -2.45. The first kappa shape index (κ1) is 13.6. The van der Waals surface area contributed by atoms with Gasteiger partial charge in [-0.25, -0.2) is 4.52 Å². The Kier molecular flexibility index (Phi) is 3.60. The molecular weight excluding hydrogens is 268 g/mol. The van der Waals surface area contributed by atoms with Gasteiger partial charge in [0, 0.05) is 31.3 Å². The second-order valence-corrected chi connectivity index (χ2v) is 5.28. The monoisotopic (exact) mass is 286 g/mol. The molecule has 0 aliphatic carbocycles. The number of rotatable bonds is 4. The van der Waals surface area contributed by atoms with Gasteiger partial charge in [-0.15, -0.1) is 0 Å². The predicted molar refractivity (Wildman–Crippen MR) is 77.4 cm³/mol. The Morgan fingerprint density at radius 1 is 1.48 bits per heavy atom. The van der Waals surface area contributed by atoms with Crippen LogP contribution in [-0.4, -0.2) is 38.9 Å². The highest BCUT2D eigenvalue weighted by Crippen LogP contribution is 2.14. The zero-order valence-electron chi connectivity index (χ0n) is 12.0. The summed E-state index contributed by atoms with van der Waals surface area (Å²) in [5.41, 5.74) is 1.94. The fourth-order valence-corrected chi connectivity index (χ4v) is 2.67. The van der Waals surface area contributed by atoms with E-state index in [0.717, 1.165) is 17.5 Å². The molecule has 1 fully saturated rings. The van der Waals surface area contributed by atoms with Crippen LogP contribution in [-0.2, 0) is 16.1 Å². The molecule has 110 valence electrons. The summed E-state index contributed by atoms with van der Waals surface area (Å²) in [4.78, 5) is 25.5. The second-order valence-electron chi connectivity index (χ2n) is 5.28. The molecule has 0 unspecified atom stereocenters. The maximum atomic E-state index is 12.2. The number of fused-ring (bicyclic) bond motifs is 1. The highest BCUT2D eigenvalue weighted by atomic mass is 16.2. The molecule has 0 saturated carbocycles. The number of hydrogen-bond donors (Lipinski definition) is 1. The Morgan fingerprint density at radius 3 is 3.10 bits per heavy atom.